The van der Waals surface area contributed by atoms with Gasteiger partial charge in [-0.15, -0.1) is 18.8 Å². The fourth-order valence-electron chi connectivity index (χ4n) is 1.52. The van der Waals surface area contributed by atoms with Crippen LogP contribution < -0.4 is 10.5 Å². The highest BCUT2D eigenvalue weighted by atomic mass is 35.5. The van der Waals surface area contributed by atoms with Crippen LogP contribution in [0.2, 0.25) is 0 Å². The first-order chi connectivity index (χ1) is 8.31. The predicted molar refractivity (Wildman–Crippen MR) is 76.0 cm³/mol. The van der Waals surface area contributed by atoms with Crippen LogP contribution in [0.25, 0.3) is 0 Å². The summed E-state index contributed by atoms with van der Waals surface area (Å²) in [6, 6.07) is 15.1. The minimum absolute atomic E-state index is 0. The van der Waals surface area contributed by atoms with Gasteiger partial charge in [0.1, 0.15) is 11.5 Å². The highest BCUT2D eigenvalue weighted by molar-refractivity contribution is 5.85. The second-order valence-corrected chi connectivity index (χ2v) is 3.63. The van der Waals surface area contributed by atoms with Crippen LogP contribution in [0.4, 0.5) is 0 Å². The van der Waals surface area contributed by atoms with Crippen LogP contribution in [0, 0.1) is 12.3 Å². The van der Waals surface area contributed by atoms with Crippen LogP contribution in [0.15, 0.2) is 48.5 Å². The molecule has 0 bridgehead atoms. The van der Waals surface area contributed by atoms with E-state index < -0.39 is 0 Å². The molecule has 0 aromatic heterocycles. The molecule has 0 aliphatic rings. The van der Waals surface area contributed by atoms with E-state index in [1.807, 2.05) is 48.5 Å². The Morgan fingerprint density at radius 1 is 1.06 bits per heavy atom. The van der Waals surface area contributed by atoms with Crippen molar-refractivity contribution in [3.05, 3.63) is 59.7 Å². The van der Waals surface area contributed by atoms with Crippen molar-refractivity contribution in [1.29, 1.82) is 0 Å². The Hall–Kier alpha value is -1.95. The van der Waals surface area contributed by atoms with Gasteiger partial charge in [0.2, 0.25) is 0 Å². The maximum absolute atomic E-state index is 5.71. The monoisotopic (exact) mass is 259 g/mol. The van der Waals surface area contributed by atoms with Gasteiger partial charge in [0.15, 0.2) is 0 Å². The van der Waals surface area contributed by atoms with E-state index in [1.165, 1.54) is 0 Å². The minimum Gasteiger partial charge on any atom is -0.457 e. The maximum Gasteiger partial charge on any atom is 0.128 e. The molecule has 0 unspecified atom stereocenters. The number of halogens is 1. The number of benzene rings is 2. The lowest BCUT2D eigenvalue weighted by atomic mass is 10.2. The van der Waals surface area contributed by atoms with Gasteiger partial charge in [-0.1, -0.05) is 24.1 Å². The minimum atomic E-state index is 0. The van der Waals surface area contributed by atoms with E-state index in [0.29, 0.717) is 6.54 Å². The Morgan fingerprint density at radius 2 is 1.72 bits per heavy atom. The molecule has 0 saturated carbocycles. The third kappa shape index (κ3) is 3.53. The van der Waals surface area contributed by atoms with Crippen molar-refractivity contribution in [2.75, 3.05) is 0 Å². The second-order valence-electron chi connectivity index (χ2n) is 3.63. The summed E-state index contributed by atoms with van der Waals surface area (Å²) in [6.45, 7) is 0.502. The average Bonchev–Trinajstić information content (AvgIpc) is 2.39. The summed E-state index contributed by atoms with van der Waals surface area (Å²) in [5, 5.41) is 0. The number of nitrogens with two attached hydrogens (primary N) is 1. The summed E-state index contributed by atoms with van der Waals surface area (Å²) < 4.78 is 5.71. The number of terminal acetylenes is 1. The SMILES string of the molecule is C#Cc1cccc(Oc2cccc(CN)c2)c1.Cl. The molecule has 0 atom stereocenters. The quantitative estimate of drug-likeness (QED) is 0.858. The van der Waals surface area contributed by atoms with Crippen LogP contribution in [0.5, 0.6) is 11.5 Å². The molecule has 0 saturated heterocycles. The normalized spacial score (nSPS) is 9.11. The molecule has 0 amide bonds. The third-order valence-electron chi connectivity index (χ3n) is 2.37. The van der Waals surface area contributed by atoms with Crippen molar-refractivity contribution in [1.82, 2.24) is 0 Å². The molecule has 0 spiro atoms. The zero-order valence-corrected chi connectivity index (χ0v) is 10.6. The molecule has 2 N–H and O–H groups in total. The molecule has 2 aromatic carbocycles. The molecule has 92 valence electrons. The molecule has 2 aromatic rings. The van der Waals surface area contributed by atoms with Gasteiger partial charge in [0.25, 0.3) is 0 Å². The van der Waals surface area contributed by atoms with E-state index in [-0.39, 0.29) is 12.4 Å². The van der Waals surface area contributed by atoms with Crippen LogP contribution in [-0.2, 0) is 6.54 Å². The molecular weight excluding hydrogens is 246 g/mol. The lowest BCUT2D eigenvalue weighted by Crippen LogP contribution is -1.96. The van der Waals surface area contributed by atoms with Crippen LogP contribution >= 0.6 is 12.4 Å². The van der Waals surface area contributed by atoms with E-state index in [0.717, 1.165) is 22.6 Å². The molecule has 18 heavy (non-hydrogen) atoms. The molecule has 2 nitrogen and oxygen atoms in total. The van der Waals surface area contributed by atoms with Gasteiger partial charge in [0.05, 0.1) is 0 Å². The van der Waals surface area contributed by atoms with E-state index >= 15 is 0 Å². The van der Waals surface area contributed by atoms with E-state index in [9.17, 15) is 0 Å². The van der Waals surface area contributed by atoms with Gasteiger partial charge >= 0.3 is 0 Å². The largest absolute Gasteiger partial charge is 0.457 e. The van der Waals surface area contributed by atoms with Gasteiger partial charge in [-0.25, -0.2) is 0 Å². The summed E-state index contributed by atoms with van der Waals surface area (Å²) in [5.74, 6) is 4.07. The highest BCUT2D eigenvalue weighted by Crippen LogP contribution is 2.22. The molecular formula is C15H14ClNO. The number of hydrogen-bond acceptors (Lipinski definition) is 2. The lowest BCUT2D eigenvalue weighted by molar-refractivity contribution is 0.482. The summed E-state index contributed by atoms with van der Waals surface area (Å²) >= 11 is 0. The highest BCUT2D eigenvalue weighted by Gasteiger charge is 1.99. The number of hydrogen-bond donors (Lipinski definition) is 1. The van der Waals surface area contributed by atoms with Gasteiger partial charge in [-0.05, 0) is 35.9 Å². The van der Waals surface area contributed by atoms with Crippen molar-refractivity contribution in [3.63, 3.8) is 0 Å². The molecule has 0 radical (unpaired) electrons. The Bertz CT molecular complexity index is 560. The van der Waals surface area contributed by atoms with Crippen molar-refractivity contribution < 1.29 is 4.74 Å². The second kappa shape index (κ2) is 6.70. The van der Waals surface area contributed by atoms with Gasteiger partial charge < -0.3 is 10.5 Å². The molecule has 0 heterocycles. The summed E-state index contributed by atoms with van der Waals surface area (Å²) in [7, 11) is 0. The molecule has 0 aliphatic carbocycles. The number of ether oxygens (including phenoxy) is 1. The summed E-state index contributed by atoms with van der Waals surface area (Å²) in [5.41, 5.74) is 7.42. The first-order valence-electron chi connectivity index (χ1n) is 5.35. The Kier molecular flexibility index (Phi) is 5.26. The summed E-state index contributed by atoms with van der Waals surface area (Å²) in [4.78, 5) is 0. The first kappa shape index (κ1) is 14.1. The van der Waals surface area contributed by atoms with E-state index in [4.69, 9.17) is 16.9 Å². The van der Waals surface area contributed by atoms with E-state index in [1.54, 1.807) is 0 Å². The fraction of sp³-hybridized carbons (Fsp3) is 0.0667. The zero-order chi connectivity index (χ0) is 12.1. The summed E-state index contributed by atoms with van der Waals surface area (Å²) in [6.07, 6.45) is 5.34. The van der Waals surface area contributed by atoms with Crippen molar-refractivity contribution >= 4 is 12.4 Å². The van der Waals surface area contributed by atoms with Crippen molar-refractivity contribution in [2.45, 2.75) is 6.54 Å². The van der Waals surface area contributed by atoms with Crippen LogP contribution in [0.3, 0.4) is 0 Å². The number of rotatable bonds is 3. The first-order valence-corrected chi connectivity index (χ1v) is 5.35. The van der Waals surface area contributed by atoms with Gasteiger partial charge in [-0.2, -0.15) is 0 Å². The molecule has 0 fully saturated rings. The maximum atomic E-state index is 5.71. The smallest absolute Gasteiger partial charge is 0.128 e. The Balaban J connectivity index is 0.00000162. The zero-order valence-electron chi connectivity index (χ0n) is 9.80. The topological polar surface area (TPSA) is 35.2 Å². The van der Waals surface area contributed by atoms with Crippen LogP contribution in [0.1, 0.15) is 11.1 Å². The van der Waals surface area contributed by atoms with Crippen molar-refractivity contribution in [2.24, 2.45) is 5.73 Å². The van der Waals surface area contributed by atoms with Crippen LogP contribution in [-0.4, -0.2) is 0 Å². The van der Waals surface area contributed by atoms with E-state index in [2.05, 4.69) is 5.92 Å². The molecule has 0 aliphatic heterocycles. The third-order valence-corrected chi connectivity index (χ3v) is 2.37. The molecule has 3 heteroatoms. The lowest BCUT2D eigenvalue weighted by Gasteiger charge is -2.07. The predicted octanol–water partition coefficient (Wildman–Crippen LogP) is 3.34. The fourth-order valence-corrected chi connectivity index (χ4v) is 1.52. The Morgan fingerprint density at radius 3 is 2.39 bits per heavy atom. The van der Waals surface area contributed by atoms with Gasteiger partial charge in [-0.3, -0.25) is 0 Å². The standard InChI is InChI=1S/C15H13NO.ClH/c1-2-12-5-3-7-14(9-12)17-15-8-4-6-13(10-15)11-16;/h1,3-10H,11,16H2;1H. The molecule has 2 rings (SSSR count). The van der Waals surface area contributed by atoms with Gasteiger partial charge in [0, 0.05) is 12.1 Å². The average molecular weight is 260 g/mol. The Labute approximate surface area is 113 Å². The van der Waals surface area contributed by atoms with Crippen molar-refractivity contribution in [3.8, 4) is 23.8 Å².